The number of carbonyl (C=O) groups is 1. The van der Waals surface area contributed by atoms with Crippen LogP contribution < -0.4 is 0 Å². The zero-order valence-corrected chi connectivity index (χ0v) is 16.9. The highest BCUT2D eigenvalue weighted by molar-refractivity contribution is 6.79. The van der Waals surface area contributed by atoms with E-state index in [1.807, 2.05) is 42.5 Å². The fraction of sp³-hybridized carbons (Fsp3) is 0.333. The number of carbonyl (C=O) groups excluding carboxylic acids is 1. The third-order valence-corrected chi connectivity index (χ3v) is 7.02. The monoisotopic (exact) mass is 387 g/mol. The number of rotatable bonds is 6. The van der Waals surface area contributed by atoms with Gasteiger partial charge in [0.2, 0.25) is 5.41 Å². The number of halogens is 2. The molecule has 142 valence electrons. The molecule has 0 aliphatic carbocycles. The van der Waals surface area contributed by atoms with Gasteiger partial charge in [-0.1, -0.05) is 74.2 Å². The quantitative estimate of drug-likeness (QED) is 0.490. The predicted molar refractivity (Wildman–Crippen MR) is 104 cm³/mol. The molecule has 1 unspecified atom stereocenters. The first-order valence-electron chi connectivity index (χ1n) is 8.63. The van der Waals surface area contributed by atoms with E-state index in [2.05, 4.69) is 0 Å². The van der Waals surface area contributed by atoms with Crippen molar-refractivity contribution in [1.29, 1.82) is 5.26 Å². The number of benzene rings is 2. The van der Waals surface area contributed by atoms with Crippen molar-refractivity contribution in [3.8, 4) is 17.2 Å². The molecule has 0 spiro atoms. The minimum Gasteiger partial charge on any atom is -0.459 e. The van der Waals surface area contributed by atoms with Crippen LogP contribution in [0, 0.1) is 16.7 Å². The summed E-state index contributed by atoms with van der Waals surface area (Å²) in [5.41, 5.74) is -3.20. The number of hydrogen-bond donors (Lipinski definition) is 0. The number of nitrogens with zero attached hydrogens (tertiary/aromatic N) is 1. The Morgan fingerprint density at radius 2 is 1.56 bits per heavy atom. The van der Waals surface area contributed by atoms with E-state index >= 15 is 0 Å². The van der Waals surface area contributed by atoms with Gasteiger partial charge < -0.3 is 4.74 Å². The second kappa shape index (κ2) is 7.61. The van der Waals surface area contributed by atoms with Gasteiger partial charge in [0.15, 0.2) is 0 Å². The molecule has 0 fully saturated rings. The van der Waals surface area contributed by atoms with E-state index in [1.165, 1.54) is 25.7 Å². The van der Waals surface area contributed by atoms with Crippen molar-refractivity contribution in [3.05, 3.63) is 60.2 Å². The molecule has 0 aliphatic heterocycles. The molecular weight excluding hydrogens is 364 g/mol. The fourth-order valence-corrected chi connectivity index (χ4v) is 4.37. The second-order valence-corrected chi connectivity index (χ2v) is 12.8. The molecular formula is C21H23F2NO2Si. The van der Waals surface area contributed by atoms with Crippen LogP contribution in [0.1, 0.15) is 12.5 Å². The van der Waals surface area contributed by atoms with Crippen molar-refractivity contribution in [2.75, 3.05) is 0 Å². The molecule has 0 amide bonds. The Morgan fingerprint density at radius 3 is 2.04 bits per heavy atom. The van der Waals surface area contributed by atoms with Gasteiger partial charge in [0.1, 0.15) is 14.7 Å². The fourth-order valence-electron chi connectivity index (χ4n) is 2.71. The molecule has 0 saturated carbocycles. The largest absolute Gasteiger partial charge is 0.459 e. The average molecular weight is 388 g/mol. The van der Waals surface area contributed by atoms with Crippen LogP contribution in [-0.4, -0.2) is 19.6 Å². The predicted octanol–water partition coefficient (Wildman–Crippen LogP) is 5.44. The van der Waals surface area contributed by atoms with Crippen molar-refractivity contribution in [2.24, 2.45) is 5.41 Å². The van der Waals surface area contributed by atoms with Gasteiger partial charge in [0.05, 0.1) is 6.07 Å². The molecule has 2 aromatic rings. The summed E-state index contributed by atoms with van der Waals surface area (Å²) in [6, 6.07) is 18.6. The molecule has 3 nitrogen and oxygen atoms in total. The zero-order valence-electron chi connectivity index (χ0n) is 15.9. The summed E-state index contributed by atoms with van der Waals surface area (Å²) in [7, 11) is -3.11. The number of esters is 1. The van der Waals surface area contributed by atoms with Crippen LogP contribution >= 0.6 is 0 Å². The van der Waals surface area contributed by atoms with Gasteiger partial charge in [0, 0.05) is 0 Å². The second-order valence-electron chi connectivity index (χ2n) is 7.70. The maximum atomic E-state index is 14.7. The standard InChI is InChI=1S/C21H23F2NO2Si/c1-20(15-24,21(22,23)27(2,3)4)19(25)26-14-16-10-12-18(13-11-16)17-8-6-5-7-9-17/h5-13H,14H2,1-4H3. The maximum absolute atomic E-state index is 14.7. The van der Waals surface area contributed by atoms with Gasteiger partial charge in [-0.3, -0.25) is 4.79 Å². The first-order valence-corrected chi connectivity index (χ1v) is 12.1. The molecule has 0 aromatic heterocycles. The number of hydrogen-bond acceptors (Lipinski definition) is 3. The summed E-state index contributed by atoms with van der Waals surface area (Å²) in [6.45, 7) is 5.09. The SMILES string of the molecule is CC(C#N)(C(=O)OCc1ccc(-c2ccccc2)cc1)C(F)(F)[Si](C)(C)C. The average Bonchev–Trinajstić information content (AvgIpc) is 2.65. The Bertz CT molecular complexity index is 839. The van der Waals surface area contributed by atoms with Crippen molar-refractivity contribution < 1.29 is 18.3 Å². The minimum absolute atomic E-state index is 0.160. The highest BCUT2D eigenvalue weighted by Gasteiger charge is 2.64. The molecule has 0 saturated heterocycles. The molecule has 0 aliphatic rings. The summed E-state index contributed by atoms with van der Waals surface area (Å²) in [5, 5.41) is 9.31. The van der Waals surface area contributed by atoms with Gasteiger partial charge >= 0.3 is 5.97 Å². The van der Waals surface area contributed by atoms with Crippen molar-refractivity contribution >= 4 is 14.0 Å². The normalized spacial score (nSPS) is 14.1. The molecule has 0 N–H and O–H groups in total. The summed E-state index contributed by atoms with van der Waals surface area (Å²) in [6.07, 6.45) is 0. The van der Waals surface area contributed by atoms with E-state index in [1.54, 1.807) is 12.1 Å². The molecule has 2 rings (SSSR count). The molecule has 6 heteroatoms. The van der Waals surface area contributed by atoms with Gasteiger partial charge in [-0.05, 0) is 23.6 Å². The first-order chi connectivity index (χ1) is 12.5. The molecule has 0 radical (unpaired) electrons. The Balaban J connectivity index is 2.11. The van der Waals surface area contributed by atoms with Crippen molar-refractivity contribution in [3.63, 3.8) is 0 Å². The molecule has 0 bridgehead atoms. The van der Waals surface area contributed by atoms with Gasteiger partial charge in [0.25, 0.3) is 5.55 Å². The third kappa shape index (κ3) is 4.09. The minimum atomic E-state index is -3.41. The Kier molecular flexibility index (Phi) is 5.86. The van der Waals surface area contributed by atoms with E-state index in [0.717, 1.165) is 18.1 Å². The zero-order chi connectivity index (χ0) is 20.3. The number of ether oxygens (including phenoxy) is 1. The first kappa shape index (κ1) is 20.8. The van der Waals surface area contributed by atoms with E-state index in [9.17, 15) is 18.8 Å². The van der Waals surface area contributed by atoms with Crippen LogP contribution in [0.15, 0.2) is 54.6 Å². The maximum Gasteiger partial charge on any atom is 0.332 e. The van der Waals surface area contributed by atoms with Crippen molar-refractivity contribution in [1.82, 2.24) is 0 Å². The lowest BCUT2D eigenvalue weighted by Crippen LogP contribution is -2.59. The third-order valence-electron chi connectivity index (χ3n) is 4.63. The van der Waals surface area contributed by atoms with E-state index in [4.69, 9.17) is 4.74 Å². The van der Waals surface area contributed by atoms with Crippen LogP contribution in [0.25, 0.3) is 11.1 Å². The van der Waals surface area contributed by atoms with E-state index in [-0.39, 0.29) is 6.61 Å². The lowest BCUT2D eigenvalue weighted by molar-refractivity contribution is -0.164. The van der Waals surface area contributed by atoms with Gasteiger partial charge in [-0.25, -0.2) is 8.78 Å². The molecule has 0 heterocycles. The highest BCUT2D eigenvalue weighted by atomic mass is 28.3. The van der Waals surface area contributed by atoms with E-state index < -0.39 is 25.0 Å². The summed E-state index contributed by atoms with van der Waals surface area (Å²) in [4.78, 5) is 12.3. The Morgan fingerprint density at radius 1 is 1.04 bits per heavy atom. The lowest BCUT2D eigenvalue weighted by Gasteiger charge is -2.37. The Labute approximate surface area is 159 Å². The lowest BCUT2D eigenvalue weighted by atomic mass is 9.93. The highest BCUT2D eigenvalue weighted by Crippen LogP contribution is 2.44. The topological polar surface area (TPSA) is 50.1 Å². The molecule has 2 aromatic carbocycles. The molecule has 27 heavy (non-hydrogen) atoms. The summed E-state index contributed by atoms with van der Waals surface area (Å²) >= 11 is 0. The number of alkyl halides is 2. The smallest absolute Gasteiger partial charge is 0.332 e. The van der Waals surface area contributed by atoms with Crippen LogP contribution in [0.5, 0.6) is 0 Å². The van der Waals surface area contributed by atoms with Crippen molar-refractivity contribution in [2.45, 2.75) is 38.7 Å². The van der Waals surface area contributed by atoms with Crippen LogP contribution in [-0.2, 0) is 16.1 Å². The van der Waals surface area contributed by atoms with Gasteiger partial charge in [-0.15, -0.1) is 0 Å². The van der Waals surface area contributed by atoms with E-state index in [0.29, 0.717) is 5.56 Å². The van der Waals surface area contributed by atoms with Crippen LogP contribution in [0.2, 0.25) is 19.6 Å². The summed E-state index contributed by atoms with van der Waals surface area (Å²) < 4.78 is 34.6. The van der Waals surface area contributed by atoms with Crippen LogP contribution in [0.3, 0.4) is 0 Å². The summed E-state index contributed by atoms with van der Waals surface area (Å²) in [5.74, 6) is -1.19. The Hall–Kier alpha value is -2.52. The van der Waals surface area contributed by atoms with Gasteiger partial charge in [-0.2, -0.15) is 5.26 Å². The molecule has 1 atom stereocenters. The van der Waals surface area contributed by atoms with Crippen LogP contribution in [0.4, 0.5) is 8.78 Å². The number of nitriles is 1.